The molecule has 0 unspecified atom stereocenters. The Morgan fingerprint density at radius 3 is 2.75 bits per heavy atom. The normalized spacial score (nSPS) is 26.0. The summed E-state index contributed by atoms with van der Waals surface area (Å²) in [6.07, 6.45) is 5.59. The number of benzene rings is 1. The second-order valence-electron chi connectivity index (χ2n) is 6.73. The number of aromatic hydroxyl groups is 1. The van der Waals surface area contributed by atoms with Gasteiger partial charge in [0.25, 0.3) is 0 Å². The molecule has 4 rings (SSSR count). The molecule has 0 saturated carbocycles. The van der Waals surface area contributed by atoms with Crippen molar-refractivity contribution in [3.05, 3.63) is 42.2 Å². The van der Waals surface area contributed by atoms with Gasteiger partial charge in [-0.15, -0.1) is 0 Å². The molecule has 0 atom stereocenters. The van der Waals surface area contributed by atoms with Crippen LogP contribution in [0.4, 0.5) is 0 Å². The molecule has 126 valence electrons. The molecule has 0 spiro atoms. The van der Waals surface area contributed by atoms with Crippen molar-refractivity contribution in [3.63, 3.8) is 0 Å². The number of furan rings is 1. The van der Waals surface area contributed by atoms with Gasteiger partial charge in [0, 0.05) is 24.4 Å². The van der Waals surface area contributed by atoms with Crippen molar-refractivity contribution in [2.24, 2.45) is 0 Å². The third-order valence-corrected chi connectivity index (χ3v) is 5.47. The molecule has 3 heterocycles. The molecule has 0 aliphatic carbocycles. The highest BCUT2D eigenvalue weighted by atomic mass is 16.6. The van der Waals surface area contributed by atoms with Crippen LogP contribution in [-0.4, -0.2) is 34.8 Å². The minimum Gasteiger partial charge on any atom is -0.507 e. The van der Waals surface area contributed by atoms with Gasteiger partial charge >= 0.3 is 5.97 Å². The molecule has 24 heavy (non-hydrogen) atoms. The standard InChI is InChI=1S/C19H21NO4/c1-20-14-7-9-19(20,10-8-14)24-17(21)12-13-4-2-5-15(18(13)22)16-6-3-11-23-16/h2-6,11,14,22H,7-10,12H2,1H3. The number of rotatable bonds is 4. The zero-order valence-corrected chi connectivity index (χ0v) is 13.7. The fraction of sp³-hybridized carbons (Fsp3) is 0.421. The SMILES string of the molecule is CN1C2CCC1(OC(=O)Cc1cccc(-c3ccco3)c1O)CC2. The van der Waals surface area contributed by atoms with Crippen LogP contribution in [0.1, 0.15) is 31.2 Å². The summed E-state index contributed by atoms with van der Waals surface area (Å²) in [6, 6.07) is 9.41. The zero-order chi connectivity index (χ0) is 16.7. The van der Waals surface area contributed by atoms with E-state index in [1.807, 2.05) is 13.1 Å². The number of fused-ring (bicyclic) bond motifs is 2. The van der Waals surface area contributed by atoms with Crippen LogP contribution < -0.4 is 0 Å². The third-order valence-electron chi connectivity index (χ3n) is 5.47. The van der Waals surface area contributed by atoms with Gasteiger partial charge in [-0.25, -0.2) is 0 Å². The summed E-state index contributed by atoms with van der Waals surface area (Å²) < 4.78 is 11.2. The predicted molar refractivity (Wildman–Crippen MR) is 88.4 cm³/mol. The van der Waals surface area contributed by atoms with Gasteiger partial charge in [0.2, 0.25) is 0 Å². The van der Waals surface area contributed by atoms with Gasteiger partial charge in [0.1, 0.15) is 11.5 Å². The van der Waals surface area contributed by atoms with Gasteiger partial charge in [-0.2, -0.15) is 0 Å². The molecule has 2 aliphatic rings. The van der Waals surface area contributed by atoms with Crippen LogP contribution in [-0.2, 0) is 16.0 Å². The Balaban J connectivity index is 1.51. The van der Waals surface area contributed by atoms with E-state index < -0.39 is 5.72 Å². The van der Waals surface area contributed by atoms with E-state index in [1.54, 1.807) is 30.5 Å². The number of hydrogen-bond acceptors (Lipinski definition) is 5. The van der Waals surface area contributed by atoms with Gasteiger partial charge in [-0.3, -0.25) is 9.69 Å². The maximum atomic E-state index is 12.5. The van der Waals surface area contributed by atoms with Crippen molar-refractivity contribution in [3.8, 4) is 17.1 Å². The quantitative estimate of drug-likeness (QED) is 0.873. The maximum absolute atomic E-state index is 12.5. The minimum absolute atomic E-state index is 0.0562. The zero-order valence-electron chi connectivity index (χ0n) is 13.7. The first kappa shape index (κ1) is 15.3. The van der Waals surface area contributed by atoms with Crippen LogP contribution >= 0.6 is 0 Å². The Morgan fingerprint density at radius 1 is 1.33 bits per heavy atom. The van der Waals surface area contributed by atoms with Crippen LogP contribution in [0.5, 0.6) is 5.75 Å². The summed E-state index contributed by atoms with van der Waals surface area (Å²) in [4.78, 5) is 14.7. The smallest absolute Gasteiger partial charge is 0.312 e. The van der Waals surface area contributed by atoms with E-state index in [-0.39, 0.29) is 18.1 Å². The van der Waals surface area contributed by atoms with Gasteiger partial charge in [-0.1, -0.05) is 12.1 Å². The maximum Gasteiger partial charge on any atom is 0.312 e. The number of phenols is 1. The molecule has 5 nitrogen and oxygen atoms in total. The molecular formula is C19H21NO4. The third kappa shape index (κ3) is 2.40. The molecule has 1 aromatic heterocycles. The molecule has 1 N–H and O–H groups in total. The number of phenolic OH excluding ortho intramolecular Hbond substituents is 1. The molecule has 0 radical (unpaired) electrons. The van der Waals surface area contributed by atoms with E-state index in [2.05, 4.69) is 4.90 Å². The molecule has 5 heteroatoms. The number of hydrogen-bond donors (Lipinski definition) is 1. The topological polar surface area (TPSA) is 62.9 Å². The fourth-order valence-corrected chi connectivity index (χ4v) is 4.07. The molecule has 2 aliphatic heterocycles. The van der Waals surface area contributed by atoms with Crippen molar-refractivity contribution >= 4 is 5.97 Å². The van der Waals surface area contributed by atoms with Crippen LogP contribution in [0.15, 0.2) is 41.0 Å². The van der Waals surface area contributed by atoms with E-state index in [1.165, 1.54) is 0 Å². The van der Waals surface area contributed by atoms with Crippen LogP contribution in [0.25, 0.3) is 11.3 Å². The van der Waals surface area contributed by atoms with Crippen LogP contribution in [0.2, 0.25) is 0 Å². The molecule has 2 fully saturated rings. The summed E-state index contributed by atoms with van der Waals surface area (Å²) >= 11 is 0. The van der Waals surface area contributed by atoms with Gasteiger partial charge in [0.15, 0.2) is 5.72 Å². The summed E-state index contributed by atoms with van der Waals surface area (Å²) in [5.41, 5.74) is 0.707. The predicted octanol–water partition coefficient (Wildman–Crippen LogP) is 3.32. The fourth-order valence-electron chi connectivity index (χ4n) is 4.07. The molecule has 2 aromatic rings. The van der Waals surface area contributed by atoms with E-state index in [9.17, 15) is 9.90 Å². The minimum atomic E-state index is -0.435. The Bertz CT molecular complexity index is 745. The van der Waals surface area contributed by atoms with Crippen molar-refractivity contribution in [1.29, 1.82) is 0 Å². The summed E-state index contributed by atoms with van der Waals surface area (Å²) in [5.74, 6) is 0.359. The Hall–Kier alpha value is -2.27. The Labute approximate surface area is 140 Å². The average molecular weight is 327 g/mol. The molecule has 0 amide bonds. The lowest BCUT2D eigenvalue weighted by Gasteiger charge is -2.31. The molecule has 2 saturated heterocycles. The second-order valence-corrected chi connectivity index (χ2v) is 6.73. The lowest BCUT2D eigenvalue weighted by molar-refractivity contribution is -0.172. The van der Waals surface area contributed by atoms with Gasteiger partial charge in [-0.05, 0) is 38.1 Å². The van der Waals surface area contributed by atoms with Crippen molar-refractivity contribution in [2.75, 3.05) is 7.05 Å². The summed E-state index contributed by atoms with van der Waals surface area (Å²) in [5, 5.41) is 10.5. The largest absolute Gasteiger partial charge is 0.507 e. The number of nitrogens with zero attached hydrogens (tertiary/aromatic N) is 1. The molecule has 1 aromatic carbocycles. The lowest BCUT2D eigenvalue weighted by atomic mass is 9.97. The van der Waals surface area contributed by atoms with Crippen molar-refractivity contribution in [2.45, 2.75) is 43.9 Å². The Morgan fingerprint density at radius 2 is 2.12 bits per heavy atom. The lowest BCUT2D eigenvalue weighted by Crippen LogP contribution is -2.42. The first-order chi connectivity index (χ1) is 11.6. The van der Waals surface area contributed by atoms with Crippen molar-refractivity contribution < 1.29 is 19.1 Å². The van der Waals surface area contributed by atoms with Crippen LogP contribution in [0.3, 0.4) is 0 Å². The van der Waals surface area contributed by atoms with E-state index >= 15 is 0 Å². The van der Waals surface area contributed by atoms with Crippen molar-refractivity contribution in [1.82, 2.24) is 4.90 Å². The van der Waals surface area contributed by atoms with Gasteiger partial charge < -0.3 is 14.3 Å². The monoisotopic (exact) mass is 327 g/mol. The number of esters is 1. The van der Waals surface area contributed by atoms with Gasteiger partial charge in [0.05, 0.1) is 18.2 Å². The highest BCUT2D eigenvalue weighted by molar-refractivity contribution is 5.77. The van der Waals surface area contributed by atoms with E-state index in [4.69, 9.17) is 9.15 Å². The molecule has 2 bridgehead atoms. The summed E-state index contributed by atoms with van der Waals surface area (Å²) in [7, 11) is 2.03. The second kappa shape index (κ2) is 5.67. The highest BCUT2D eigenvalue weighted by Gasteiger charge is 2.52. The Kier molecular flexibility index (Phi) is 3.61. The first-order valence-corrected chi connectivity index (χ1v) is 8.38. The van der Waals surface area contributed by atoms with E-state index in [0.717, 1.165) is 25.7 Å². The van der Waals surface area contributed by atoms with E-state index in [0.29, 0.717) is 22.9 Å². The highest BCUT2D eigenvalue weighted by Crippen LogP contribution is 2.46. The number of carbonyl (C=O) groups excluding carboxylic acids is 1. The summed E-state index contributed by atoms with van der Waals surface area (Å²) in [6.45, 7) is 0. The molecular weight excluding hydrogens is 306 g/mol. The first-order valence-electron chi connectivity index (χ1n) is 8.38. The number of carbonyl (C=O) groups is 1. The number of para-hydroxylation sites is 1. The van der Waals surface area contributed by atoms with Crippen LogP contribution in [0, 0.1) is 0 Å². The number of ether oxygens (including phenoxy) is 1. The average Bonchev–Trinajstić information content (AvgIpc) is 3.26.